The molecular weight excluding hydrogens is 300 g/mol. The number of hydrogen-bond donors (Lipinski definition) is 1. The highest BCUT2D eigenvalue weighted by Gasteiger charge is 2.28. The number of nitrogens with zero attached hydrogens (tertiary/aromatic N) is 1. The molecule has 1 rings (SSSR count). The summed E-state index contributed by atoms with van der Waals surface area (Å²) in [6.07, 6.45) is -0.0316. The first kappa shape index (κ1) is 18.1. The molecule has 0 saturated carbocycles. The van der Waals surface area contributed by atoms with Crippen LogP contribution in [0.4, 0.5) is 0 Å². The summed E-state index contributed by atoms with van der Waals surface area (Å²) in [5, 5.41) is 11.7. The highest BCUT2D eigenvalue weighted by molar-refractivity contribution is 7.14. The van der Waals surface area contributed by atoms with Gasteiger partial charge in [0.25, 0.3) is 0 Å². The zero-order chi connectivity index (χ0) is 16.9. The standard InChI is InChI=1S/C16H20N2O3S/c1-10-5-6-13(22-10)14(20)11(9-17)12(19)7-8-18-15(21)16(2,3)4/h5-6,11H,7-8H2,1-4H3,(H,18,21). The molecule has 0 aliphatic rings. The van der Waals surface area contributed by atoms with Gasteiger partial charge in [-0.25, -0.2) is 0 Å². The molecular formula is C16H20N2O3S. The monoisotopic (exact) mass is 320 g/mol. The molecule has 0 aromatic carbocycles. The first-order valence-electron chi connectivity index (χ1n) is 6.98. The average Bonchev–Trinajstić information content (AvgIpc) is 2.85. The molecule has 1 amide bonds. The average molecular weight is 320 g/mol. The summed E-state index contributed by atoms with van der Waals surface area (Å²) >= 11 is 1.27. The van der Waals surface area contributed by atoms with Gasteiger partial charge in [0.05, 0.1) is 10.9 Å². The van der Waals surface area contributed by atoms with Crippen LogP contribution in [-0.4, -0.2) is 24.0 Å². The number of Topliss-reactive ketones (excluding diaryl/α,β-unsaturated/α-hetero) is 2. The van der Waals surface area contributed by atoms with Gasteiger partial charge in [0.15, 0.2) is 17.5 Å². The fourth-order valence-corrected chi connectivity index (χ4v) is 2.53. The number of amides is 1. The highest BCUT2D eigenvalue weighted by atomic mass is 32.1. The van der Waals surface area contributed by atoms with Crippen LogP contribution in [0.5, 0.6) is 0 Å². The summed E-state index contributed by atoms with van der Waals surface area (Å²) in [6, 6.07) is 5.18. The lowest BCUT2D eigenvalue weighted by molar-refractivity contribution is -0.128. The molecule has 0 aliphatic carbocycles. The van der Waals surface area contributed by atoms with Gasteiger partial charge >= 0.3 is 0 Å². The minimum Gasteiger partial charge on any atom is -0.355 e. The lowest BCUT2D eigenvalue weighted by Gasteiger charge is -2.17. The van der Waals surface area contributed by atoms with Crippen molar-refractivity contribution < 1.29 is 14.4 Å². The van der Waals surface area contributed by atoms with Crippen molar-refractivity contribution in [1.29, 1.82) is 5.26 Å². The molecule has 1 aromatic rings. The van der Waals surface area contributed by atoms with Gasteiger partial charge in [0.2, 0.25) is 5.91 Å². The molecule has 0 fully saturated rings. The van der Waals surface area contributed by atoms with Crippen molar-refractivity contribution >= 4 is 28.8 Å². The molecule has 1 heterocycles. The topological polar surface area (TPSA) is 87.0 Å². The minimum atomic E-state index is -1.30. The number of rotatable bonds is 6. The smallest absolute Gasteiger partial charge is 0.225 e. The molecule has 1 aromatic heterocycles. The van der Waals surface area contributed by atoms with E-state index in [4.69, 9.17) is 5.26 Å². The molecule has 0 saturated heterocycles. The second-order valence-electron chi connectivity index (χ2n) is 6.06. The Morgan fingerprint density at radius 3 is 2.41 bits per heavy atom. The maximum absolute atomic E-state index is 12.2. The first-order chi connectivity index (χ1) is 10.2. The van der Waals surface area contributed by atoms with Crippen LogP contribution >= 0.6 is 11.3 Å². The number of hydrogen-bond acceptors (Lipinski definition) is 5. The number of nitriles is 1. The van der Waals surface area contributed by atoms with Crippen LogP contribution in [0.15, 0.2) is 12.1 Å². The summed E-state index contributed by atoms with van der Waals surface area (Å²) < 4.78 is 0. The van der Waals surface area contributed by atoms with E-state index in [9.17, 15) is 14.4 Å². The fourth-order valence-electron chi connectivity index (χ4n) is 1.69. The van der Waals surface area contributed by atoms with Crippen LogP contribution in [0.1, 0.15) is 41.7 Å². The number of carbonyl (C=O) groups is 3. The highest BCUT2D eigenvalue weighted by Crippen LogP contribution is 2.20. The summed E-state index contributed by atoms with van der Waals surface area (Å²) in [7, 11) is 0. The molecule has 6 heteroatoms. The Labute approximate surface area is 134 Å². The Kier molecular flexibility index (Phi) is 6.01. The predicted octanol–water partition coefficient (Wildman–Crippen LogP) is 2.50. The van der Waals surface area contributed by atoms with Crippen LogP contribution in [0.2, 0.25) is 0 Å². The fraction of sp³-hybridized carbons (Fsp3) is 0.500. The second-order valence-corrected chi connectivity index (χ2v) is 7.35. The van der Waals surface area contributed by atoms with Crippen LogP contribution < -0.4 is 5.32 Å². The largest absolute Gasteiger partial charge is 0.355 e. The molecule has 0 aliphatic heterocycles. The number of aryl methyl sites for hydroxylation is 1. The van der Waals surface area contributed by atoms with E-state index in [-0.39, 0.29) is 18.9 Å². The van der Waals surface area contributed by atoms with Gasteiger partial charge in [0, 0.05) is 23.3 Å². The predicted molar refractivity (Wildman–Crippen MR) is 84.6 cm³/mol. The third-order valence-corrected chi connectivity index (χ3v) is 4.05. The summed E-state index contributed by atoms with van der Waals surface area (Å²) in [5.74, 6) is -2.40. The Morgan fingerprint density at radius 1 is 1.32 bits per heavy atom. The number of thiophene rings is 1. The molecule has 22 heavy (non-hydrogen) atoms. The molecule has 0 bridgehead atoms. The molecule has 118 valence electrons. The third kappa shape index (κ3) is 4.78. The van der Waals surface area contributed by atoms with E-state index < -0.39 is 22.9 Å². The molecule has 1 N–H and O–H groups in total. The van der Waals surface area contributed by atoms with Gasteiger partial charge in [-0.2, -0.15) is 5.26 Å². The lowest BCUT2D eigenvalue weighted by atomic mass is 9.95. The molecule has 1 atom stereocenters. The molecule has 1 unspecified atom stereocenters. The first-order valence-corrected chi connectivity index (χ1v) is 7.79. The van der Waals surface area contributed by atoms with E-state index >= 15 is 0 Å². The van der Waals surface area contributed by atoms with Gasteiger partial charge in [-0.15, -0.1) is 11.3 Å². The number of ketones is 2. The van der Waals surface area contributed by atoms with Crippen molar-refractivity contribution in [3.63, 3.8) is 0 Å². The van der Waals surface area contributed by atoms with E-state index in [0.717, 1.165) is 4.88 Å². The Morgan fingerprint density at radius 2 is 1.95 bits per heavy atom. The van der Waals surface area contributed by atoms with Crippen molar-refractivity contribution in [2.45, 2.75) is 34.1 Å². The number of carbonyl (C=O) groups excluding carboxylic acids is 3. The molecule has 0 spiro atoms. The Hall–Kier alpha value is -2.00. The SMILES string of the molecule is Cc1ccc(C(=O)C(C#N)C(=O)CCNC(=O)C(C)(C)C)s1. The minimum absolute atomic E-state index is 0.0316. The van der Waals surface area contributed by atoms with E-state index in [1.54, 1.807) is 39.0 Å². The summed E-state index contributed by atoms with van der Waals surface area (Å²) in [6.45, 7) is 7.29. The van der Waals surface area contributed by atoms with Crippen LogP contribution in [-0.2, 0) is 9.59 Å². The van der Waals surface area contributed by atoms with Crippen LogP contribution in [0.25, 0.3) is 0 Å². The van der Waals surface area contributed by atoms with Gasteiger partial charge < -0.3 is 5.32 Å². The van der Waals surface area contributed by atoms with Crippen LogP contribution in [0, 0.1) is 29.6 Å². The van der Waals surface area contributed by atoms with E-state index in [0.29, 0.717) is 4.88 Å². The number of nitrogens with one attached hydrogen (secondary N) is 1. The third-order valence-electron chi connectivity index (χ3n) is 3.03. The maximum Gasteiger partial charge on any atom is 0.225 e. The zero-order valence-electron chi connectivity index (χ0n) is 13.2. The Balaban J connectivity index is 2.61. The Bertz CT molecular complexity index is 620. The maximum atomic E-state index is 12.2. The van der Waals surface area contributed by atoms with Crippen molar-refractivity contribution in [1.82, 2.24) is 5.32 Å². The van der Waals surface area contributed by atoms with Gasteiger partial charge in [-0.05, 0) is 19.1 Å². The summed E-state index contributed by atoms with van der Waals surface area (Å²) in [5.41, 5.74) is -0.540. The lowest BCUT2D eigenvalue weighted by Crippen LogP contribution is -2.36. The van der Waals surface area contributed by atoms with Crippen molar-refractivity contribution in [3.05, 3.63) is 21.9 Å². The van der Waals surface area contributed by atoms with Crippen molar-refractivity contribution in [3.8, 4) is 6.07 Å². The second kappa shape index (κ2) is 7.32. The molecule has 5 nitrogen and oxygen atoms in total. The quantitative estimate of drug-likeness (QED) is 0.644. The molecule has 0 radical (unpaired) electrons. The zero-order valence-corrected chi connectivity index (χ0v) is 14.0. The van der Waals surface area contributed by atoms with E-state index in [2.05, 4.69) is 5.32 Å². The normalized spacial score (nSPS) is 12.3. The van der Waals surface area contributed by atoms with Crippen LogP contribution in [0.3, 0.4) is 0 Å². The van der Waals surface area contributed by atoms with Crippen molar-refractivity contribution in [2.24, 2.45) is 11.3 Å². The van der Waals surface area contributed by atoms with E-state index in [1.807, 2.05) is 6.92 Å². The van der Waals surface area contributed by atoms with Gasteiger partial charge in [-0.3, -0.25) is 14.4 Å². The summed E-state index contributed by atoms with van der Waals surface area (Å²) in [4.78, 5) is 37.3. The van der Waals surface area contributed by atoms with E-state index in [1.165, 1.54) is 11.3 Å². The van der Waals surface area contributed by atoms with Gasteiger partial charge in [0.1, 0.15) is 0 Å². The van der Waals surface area contributed by atoms with Gasteiger partial charge in [-0.1, -0.05) is 20.8 Å². The van der Waals surface area contributed by atoms with Crippen molar-refractivity contribution in [2.75, 3.05) is 6.54 Å².